The Morgan fingerprint density at radius 3 is 2.20 bits per heavy atom. The third-order valence-corrected chi connectivity index (χ3v) is 3.48. The maximum absolute atomic E-state index is 13.3. The normalized spacial score (nSPS) is 11.4. The maximum Gasteiger partial charge on any atom is 0.451 e. The van der Waals surface area contributed by atoms with Crippen LogP contribution in [0.1, 0.15) is 16.1 Å². The van der Waals surface area contributed by atoms with Crippen LogP contribution in [0.25, 0.3) is 22.7 Å². The summed E-state index contributed by atoms with van der Waals surface area (Å²) in [4.78, 5) is 15.4. The third kappa shape index (κ3) is 3.40. The molecule has 7 heteroatoms. The number of aromatic nitrogens is 1. The Bertz CT molecular complexity index is 884. The second kappa shape index (κ2) is 6.43. The van der Waals surface area contributed by atoms with Gasteiger partial charge in [0.15, 0.2) is 0 Å². The van der Waals surface area contributed by atoms with Crippen molar-refractivity contribution in [2.75, 3.05) is 7.11 Å². The highest BCUT2D eigenvalue weighted by Gasteiger charge is 2.40. The number of carbonyl (C=O) groups excluding carboxylic acids is 1. The van der Waals surface area contributed by atoms with Crippen LogP contribution >= 0.6 is 0 Å². The van der Waals surface area contributed by atoms with Gasteiger partial charge in [0.05, 0.1) is 12.7 Å². The van der Waals surface area contributed by atoms with Gasteiger partial charge in [0, 0.05) is 11.1 Å². The molecule has 0 bridgehead atoms. The first-order chi connectivity index (χ1) is 11.9. The highest BCUT2D eigenvalue weighted by Crippen LogP contribution is 2.39. The Balaban J connectivity index is 2.06. The van der Waals surface area contributed by atoms with Crippen LogP contribution < -0.4 is 0 Å². The zero-order valence-electron chi connectivity index (χ0n) is 13.0. The maximum atomic E-state index is 13.3. The summed E-state index contributed by atoms with van der Waals surface area (Å²) in [6, 6.07) is 13.8. The third-order valence-electron chi connectivity index (χ3n) is 3.48. The molecule has 0 amide bonds. The molecule has 0 aliphatic rings. The standard InChI is InChI=1S/C18H12F3NO3/c1-24-17(23)13-9-7-12(8-10-13)16-22-14(11-5-3-2-4-6-11)15(25-16)18(19,20)21/h2-10H,1H3. The van der Waals surface area contributed by atoms with Crippen molar-refractivity contribution in [3.05, 3.63) is 65.9 Å². The second-order valence-electron chi connectivity index (χ2n) is 5.13. The molecule has 0 N–H and O–H groups in total. The number of esters is 1. The van der Waals surface area contributed by atoms with Gasteiger partial charge in [-0.15, -0.1) is 0 Å². The smallest absolute Gasteiger partial charge is 0.451 e. The molecule has 4 nitrogen and oxygen atoms in total. The average Bonchev–Trinajstić information content (AvgIpc) is 3.08. The molecule has 3 aromatic rings. The number of ether oxygens (including phenoxy) is 1. The molecule has 1 heterocycles. The molecule has 1 aromatic heterocycles. The number of nitrogens with zero attached hydrogens (tertiary/aromatic N) is 1. The summed E-state index contributed by atoms with van der Waals surface area (Å²) in [6.45, 7) is 0. The Hall–Kier alpha value is -3.09. The van der Waals surface area contributed by atoms with Crippen LogP contribution in [0.2, 0.25) is 0 Å². The first-order valence-corrected chi connectivity index (χ1v) is 7.22. The van der Waals surface area contributed by atoms with E-state index in [9.17, 15) is 18.0 Å². The van der Waals surface area contributed by atoms with Crippen LogP contribution in [0.15, 0.2) is 59.0 Å². The van der Waals surface area contributed by atoms with E-state index in [1.54, 1.807) is 18.2 Å². The Morgan fingerprint density at radius 2 is 1.64 bits per heavy atom. The number of oxazole rings is 1. The van der Waals surface area contributed by atoms with E-state index in [4.69, 9.17) is 4.42 Å². The summed E-state index contributed by atoms with van der Waals surface area (Å²) in [7, 11) is 1.24. The summed E-state index contributed by atoms with van der Waals surface area (Å²) in [6.07, 6.45) is -4.68. The number of halogens is 3. The predicted octanol–water partition coefficient (Wildman–Crippen LogP) is 4.81. The van der Waals surface area contributed by atoms with Gasteiger partial charge in [-0.05, 0) is 24.3 Å². The molecular weight excluding hydrogens is 335 g/mol. The van der Waals surface area contributed by atoms with Crippen LogP contribution in [0, 0.1) is 0 Å². The van der Waals surface area contributed by atoms with Crippen LogP contribution in [-0.2, 0) is 10.9 Å². The van der Waals surface area contributed by atoms with Gasteiger partial charge in [-0.2, -0.15) is 13.2 Å². The minimum Gasteiger partial charge on any atom is -0.465 e. The van der Waals surface area contributed by atoms with Gasteiger partial charge in [-0.3, -0.25) is 0 Å². The second-order valence-corrected chi connectivity index (χ2v) is 5.13. The number of methoxy groups -OCH3 is 1. The molecule has 0 saturated heterocycles. The SMILES string of the molecule is COC(=O)c1ccc(-c2nc(-c3ccccc3)c(C(F)(F)F)o2)cc1. The quantitative estimate of drug-likeness (QED) is 0.638. The lowest BCUT2D eigenvalue weighted by Gasteiger charge is -2.04. The lowest BCUT2D eigenvalue weighted by molar-refractivity contribution is -0.152. The van der Waals surface area contributed by atoms with E-state index in [1.165, 1.54) is 43.5 Å². The Morgan fingerprint density at radius 1 is 1.00 bits per heavy atom. The zero-order chi connectivity index (χ0) is 18.0. The fraction of sp³-hybridized carbons (Fsp3) is 0.111. The summed E-state index contributed by atoms with van der Waals surface area (Å²) in [5, 5.41) is 0. The Labute approximate surface area is 140 Å². The molecule has 0 aliphatic carbocycles. The van der Waals surface area contributed by atoms with Crippen molar-refractivity contribution in [2.45, 2.75) is 6.18 Å². The van der Waals surface area contributed by atoms with Crippen LogP contribution in [0.4, 0.5) is 13.2 Å². The summed E-state index contributed by atoms with van der Waals surface area (Å²) in [5.74, 6) is -1.88. The molecule has 128 valence electrons. The number of hydrogen-bond donors (Lipinski definition) is 0. The van der Waals surface area contributed by atoms with Gasteiger partial charge < -0.3 is 9.15 Å². The molecule has 0 saturated carbocycles. The molecule has 0 atom stereocenters. The minimum absolute atomic E-state index is 0.178. The van der Waals surface area contributed by atoms with Crippen LogP contribution in [-0.4, -0.2) is 18.1 Å². The van der Waals surface area contributed by atoms with Crippen LogP contribution in [0.5, 0.6) is 0 Å². The number of hydrogen-bond acceptors (Lipinski definition) is 4. The molecule has 0 aliphatic heterocycles. The van der Waals surface area contributed by atoms with Crippen molar-refractivity contribution in [1.82, 2.24) is 4.98 Å². The first kappa shape index (κ1) is 16.8. The van der Waals surface area contributed by atoms with Gasteiger partial charge in [0.25, 0.3) is 0 Å². The average molecular weight is 347 g/mol. The topological polar surface area (TPSA) is 52.3 Å². The summed E-state index contributed by atoms with van der Waals surface area (Å²) >= 11 is 0. The molecule has 0 spiro atoms. The molecule has 2 aromatic carbocycles. The van der Waals surface area contributed by atoms with E-state index >= 15 is 0 Å². The van der Waals surface area contributed by atoms with E-state index in [-0.39, 0.29) is 17.1 Å². The van der Waals surface area contributed by atoms with E-state index in [0.29, 0.717) is 11.1 Å². The highest BCUT2D eigenvalue weighted by atomic mass is 19.4. The fourth-order valence-electron chi connectivity index (χ4n) is 2.29. The number of carbonyl (C=O) groups is 1. The molecular formula is C18H12F3NO3. The Kier molecular flexibility index (Phi) is 4.31. The zero-order valence-corrected chi connectivity index (χ0v) is 13.0. The predicted molar refractivity (Wildman–Crippen MR) is 83.7 cm³/mol. The van der Waals surface area contributed by atoms with Crippen molar-refractivity contribution in [3.63, 3.8) is 0 Å². The van der Waals surface area contributed by atoms with Crippen molar-refractivity contribution in [1.29, 1.82) is 0 Å². The molecule has 0 unspecified atom stereocenters. The van der Waals surface area contributed by atoms with E-state index in [0.717, 1.165) is 0 Å². The summed E-state index contributed by atoms with van der Waals surface area (Å²) < 4.78 is 49.4. The van der Waals surface area contributed by atoms with Crippen molar-refractivity contribution in [3.8, 4) is 22.7 Å². The van der Waals surface area contributed by atoms with Gasteiger partial charge >= 0.3 is 12.1 Å². The van der Waals surface area contributed by atoms with Crippen molar-refractivity contribution < 1.29 is 27.1 Å². The van der Waals surface area contributed by atoms with Crippen molar-refractivity contribution >= 4 is 5.97 Å². The number of rotatable bonds is 3. The monoisotopic (exact) mass is 347 g/mol. The molecule has 25 heavy (non-hydrogen) atoms. The van der Waals surface area contributed by atoms with Gasteiger partial charge in [-0.25, -0.2) is 9.78 Å². The summed E-state index contributed by atoms with van der Waals surface area (Å²) in [5.41, 5.74) is 0.619. The number of alkyl halides is 3. The highest BCUT2D eigenvalue weighted by molar-refractivity contribution is 5.89. The molecule has 0 fully saturated rings. The molecule has 3 rings (SSSR count). The first-order valence-electron chi connectivity index (χ1n) is 7.22. The number of benzene rings is 2. The van der Waals surface area contributed by atoms with E-state index < -0.39 is 17.9 Å². The minimum atomic E-state index is -4.68. The lowest BCUT2D eigenvalue weighted by atomic mass is 10.1. The van der Waals surface area contributed by atoms with Crippen molar-refractivity contribution in [2.24, 2.45) is 0 Å². The van der Waals surface area contributed by atoms with Gasteiger partial charge in [-0.1, -0.05) is 30.3 Å². The van der Waals surface area contributed by atoms with Crippen LogP contribution in [0.3, 0.4) is 0 Å². The van der Waals surface area contributed by atoms with Gasteiger partial charge in [0.2, 0.25) is 11.7 Å². The van der Waals surface area contributed by atoms with E-state index in [2.05, 4.69) is 9.72 Å². The van der Waals surface area contributed by atoms with Gasteiger partial charge in [0.1, 0.15) is 5.69 Å². The van der Waals surface area contributed by atoms with E-state index in [1.807, 2.05) is 0 Å². The fourth-order valence-corrected chi connectivity index (χ4v) is 2.29. The lowest BCUT2D eigenvalue weighted by Crippen LogP contribution is -2.05. The molecule has 0 radical (unpaired) electrons. The largest absolute Gasteiger partial charge is 0.465 e.